The molecule has 0 aliphatic heterocycles. The topological polar surface area (TPSA) is 90.8 Å². The Balaban J connectivity index is 2.21. The number of nitriles is 1. The van der Waals surface area contributed by atoms with Gasteiger partial charge < -0.3 is 10.1 Å². The molecule has 120 valence electrons. The first-order chi connectivity index (χ1) is 11.0. The molecule has 0 spiro atoms. The SMILES string of the molecule is CC(C#N)CNC(=O)c1cn[nH]c1-c1cccc(OC(F)F)c1. The predicted molar refractivity (Wildman–Crippen MR) is 77.8 cm³/mol. The number of nitrogens with one attached hydrogen (secondary N) is 2. The van der Waals surface area contributed by atoms with Gasteiger partial charge in [0.15, 0.2) is 0 Å². The third-order valence-electron chi connectivity index (χ3n) is 3.02. The highest BCUT2D eigenvalue weighted by Crippen LogP contribution is 2.25. The molecule has 1 aromatic carbocycles. The molecule has 2 rings (SSSR count). The van der Waals surface area contributed by atoms with Gasteiger partial charge in [-0.25, -0.2) is 0 Å². The van der Waals surface area contributed by atoms with Crippen LogP contribution in [0.5, 0.6) is 5.75 Å². The van der Waals surface area contributed by atoms with E-state index in [1.54, 1.807) is 13.0 Å². The van der Waals surface area contributed by atoms with Gasteiger partial charge in [0.1, 0.15) is 5.75 Å². The van der Waals surface area contributed by atoms with Gasteiger partial charge in [-0.05, 0) is 19.1 Å². The number of rotatable bonds is 6. The number of benzene rings is 1. The largest absolute Gasteiger partial charge is 0.435 e. The number of aromatic amines is 1. The number of hydrogen-bond acceptors (Lipinski definition) is 4. The van der Waals surface area contributed by atoms with Gasteiger partial charge in [-0.3, -0.25) is 9.89 Å². The fraction of sp³-hybridized carbons (Fsp3) is 0.267. The molecule has 6 nitrogen and oxygen atoms in total. The summed E-state index contributed by atoms with van der Waals surface area (Å²) in [6.07, 6.45) is 1.34. The van der Waals surface area contributed by atoms with E-state index < -0.39 is 12.5 Å². The normalized spacial score (nSPS) is 11.8. The lowest BCUT2D eigenvalue weighted by atomic mass is 10.1. The quantitative estimate of drug-likeness (QED) is 0.856. The number of alkyl halides is 2. The summed E-state index contributed by atoms with van der Waals surface area (Å²) in [4.78, 5) is 12.2. The number of halogens is 2. The van der Waals surface area contributed by atoms with E-state index in [1.165, 1.54) is 24.4 Å². The highest BCUT2D eigenvalue weighted by molar-refractivity contribution is 5.99. The van der Waals surface area contributed by atoms with Crippen LogP contribution in [0.2, 0.25) is 0 Å². The summed E-state index contributed by atoms with van der Waals surface area (Å²) in [5.41, 5.74) is 1.12. The molecular formula is C15H14F2N4O2. The lowest BCUT2D eigenvalue weighted by molar-refractivity contribution is -0.0498. The van der Waals surface area contributed by atoms with Crippen LogP contribution in [0.25, 0.3) is 11.3 Å². The van der Waals surface area contributed by atoms with E-state index >= 15 is 0 Å². The number of H-pyrrole nitrogens is 1. The Kier molecular flexibility index (Phi) is 5.25. The first kappa shape index (κ1) is 16.4. The van der Waals surface area contributed by atoms with Crippen LogP contribution in [0, 0.1) is 17.2 Å². The van der Waals surface area contributed by atoms with E-state index in [4.69, 9.17) is 5.26 Å². The second-order valence-corrected chi connectivity index (χ2v) is 4.81. The molecule has 0 bridgehead atoms. The Hall–Kier alpha value is -2.95. The van der Waals surface area contributed by atoms with Crippen LogP contribution in [0.1, 0.15) is 17.3 Å². The minimum atomic E-state index is -2.93. The number of carbonyl (C=O) groups is 1. The molecule has 1 heterocycles. The minimum absolute atomic E-state index is 0.0171. The van der Waals surface area contributed by atoms with Gasteiger partial charge in [0.2, 0.25) is 0 Å². The van der Waals surface area contributed by atoms with E-state index in [-0.39, 0.29) is 23.8 Å². The van der Waals surface area contributed by atoms with Crippen molar-refractivity contribution >= 4 is 5.91 Å². The van der Waals surface area contributed by atoms with Crippen LogP contribution < -0.4 is 10.1 Å². The Labute approximate surface area is 131 Å². The fourth-order valence-corrected chi connectivity index (χ4v) is 1.89. The van der Waals surface area contributed by atoms with Crippen LogP contribution in [0.15, 0.2) is 30.5 Å². The van der Waals surface area contributed by atoms with E-state index in [9.17, 15) is 13.6 Å². The Bertz CT molecular complexity index is 724. The molecule has 0 radical (unpaired) electrons. The molecule has 0 saturated carbocycles. The molecule has 2 N–H and O–H groups in total. The monoisotopic (exact) mass is 320 g/mol. The zero-order valence-electron chi connectivity index (χ0n) is 12.2. The molecule has 1 aromatic heterocycles. The van der Waals surface area contributed by atoms with Crippen LogP contribution in [0.4, 0.5) is 8.78 Å². The average molecular weight is 320 g/mol. The Morgan fingerprint density at radius 1 is 1.52 bits per heavy atom. The van der Waals surface area contributed by atoms with Gasteiger partial charge in [0.25, 0.3) is 5.91 Å². The standard InChI is InChI=1S/C15H14F2N4O2/c1-9(6-18)7-19-14(22)12-8-20-21-13(12)10-3-2-4-11(5-10)23-15(16)17/h2-5,8-9,15H,7H2,1H3,(H,19,22)(H,20,21). The lowest BCUT2D eigenvalue weighted by Gasteiger charge is -2.08. The van der Waals surface area contributed by atoms with Gasteiger partial charge in [-0.2, -0.15) is 19.1 Å². The fourth-order valence-electron chi connectivity index (χ4n) is 1.89. The van der Waals surface area contributed by atoms with Gasteiger partial charge >= 0.3 is 6.61 Å². The van der Waals surface area contributed by atoms with Crippen molar-refractivity contribution in [3.05, 3.63) is 36.0 Å². The summed E-state index contributed by atoms with van der Waals surface area (Å²) in [6, 6.07) is 7.96. The molecule has 0 aliphatic carbocycles. The molecule has 2 aromatic rings. The van der Waals surface area contributed by atoms with Gasteiger partial charge in [-0.1, -0.05) is 12.1 Å². The van der Waals surface area contributed by atoms with Crippen molar-refractivity contribution in [2.45, 2.75) is 13.5 Å². The molecule has 0 saturated heterocycles. The Morgan fingerprint density at radius 2 is 2.30 bits per heavy atom. The van der Waals surface area contributed by atoms with Gasteiger partial charge in [0.05, 0.1) is 29.4 Å². The lowest BCUT2D eigenvalue weighted by Crippen LogP contribution is -2.27. The smallest absolute Gasteiger partial charge is 0.387 e. The highest BCUT2D eigenvalue weighted by atomic mass is 19.3. The molecule has 1 unspecified atom stereocenters. The zero-order valence-corrected chi connectivity index (χ0v) is 12.2. The van der Waals surface area contributed by atoms with E-state index in [2.05, 4.69) is 20.3 Å². The first-order valence-corrected chi connectivity index (χ1v) is 6.77. The molecule has 0 aliphatic rings. The van der Waals surface area contributed by atoms with Crippen LogP contribution in [-0.4, -0.2) is 29.3 Å². The molecule has 1 amide bonds. The van der Waals surface area contributed by atoms with Crippen molar-refractivity contribution in [1.29, 1.82) is 5.26 Å². The number of hydrogen-bond donors (Lipinski definition) is 2. The molecule has 23 heavy (non-hydrogen) atoms. The summed E-state index contributed by atoms with van der Waals surface area (Å²) >= 11 is 0. The maximum atomic E-state index is 12.3. The Morgan fingerprint density at radius 3 is 3.00 bits per heavy atom. The van der Waals surface area contributed by atoms with Crippen molar-refractivity contribution in [1.82, 2.24) is 15.5 Å². The summed E-state index contributed by atoms with van der Waals surface area (Å²) in [6.45, 7) is -1.04. The zero-order chi connectivity index (χ0) is 16.8. The van der Waals surface area contributed by atoms with E-state index in [1.807, 2.05) is 6.07 Å². The third-order valence-corrected chi connectivity index (χ3v) is 3.02. The summed E-state index contributed by atoms with van der Waals surface area (Å²) < 4.78 is 28.9. The van der Waals surface area contributed by atoms with Crippen LogP contribution >= 0.6 is 0 Å². The molecule has 1 atom stereocenters. The number of nitrogens with zero attached hydrogens (tertiary/aromatic N) is 2. The molecule has 8 heteroatoms. The minimum Gasteiger partial charge on any atom is -0.435 e. The summed E-state index contributed by atoms with van der Waals surface area (Å²) in [5.74, 6) is -0.746. The number of aromatic nitrogens is 2. The predicted octanol–water partition coefficient (Wildman–Crippen LogP) is 2.57. The van der Waals surface area contributed by atoms with Crippen molar-refractivity contribution in [3.63, 3.8) is 0 Å². The second kappa shape index (κ2) is 7.35. The highest BCUT2D eigenvalue weighted by Gasteiger charge is 2.16. The van der Waals surface area contributed by atoms with Gasteiger partial charge in [-0.15, -0.1) is 0 Å². The van der Waals surface area contributed by atoms with Crippen molar-refractivity contribution in [2.75, 3.05) is 6.54 Å². The van der Waals surface area contributed by atoms with E-state index in [0.717, 1.165) is 0 Å². The maximum absolute atomic E-state index is 12.3. The van der Waals surface area contributed by atoms with Crippen molar-refractivity contribution < 1.29 is 18.3 Å². The van der Waals surface area contributed by atoms with Crippen LogP contribution in [-0.2, 0) is 0 Å². The summed E-state index contributed by atoms with van der Waals surface area (Å²) in [7, 11) is 0. The third kappa shape index (κ3) is 4.26. The molecule has 0 fully saturated rings. The first-order valence-electron chi connectivity index (χ1n) is 6.77. The van der Waals surface area contributed by atoms with Crippen LogP contribution in [0.3, 0.4) is 0 Å². The second-order valence-electron chi connectivity index (χ2n) is 4.81. The number of carbonyl (C=O) groups excluding carboxylic acids is 1. The van der Waals surface area contributed by atoms with Crippen molar-refractivity contribution in [2.24, 2.45) is 5.92 Å². The number of ether oxygens (including phenoxy) is 1. The van der Waals surface area contributed by atoms with Crippen molar-refractivity contribution in [3.8, 4) is 23.1 Å². The molecular weight excluding hydrogens is 306 g/mol. The maximum Gasteiger partial charge on any atom is 0.387 e. The number of amides is 1. The average Bonchev–Trinajstić information content (AvgIpc) is 3.01. The van der Waals surface area contributed by atoms with E-state index in [0.29, 0.717) is 11.3 Å². The summed E-state index contributed by atoms with van der Waals surface area (Å²) in [5, 5.41) is 17.8. The van der Waals surface area contributed by atoms with Gasteiger partial charge in [0, 0.05) is 12.1 Å².